The SMILES string of the molecule is Cc1nn(C)c(C)c1Cc1ccc(NC(=S)NC(=O)c2ccccc2)cc1. The van der Waals surface area contributed by atoms with Crippen LogP contribution >= 0.6 is 12.2 Å². The van der Waals surface area contributed by atoms with E-state index in [-0.39, 0.29) is 11.0 Å². The molecule has 1 amide bonds. The Morgan fingerprint density at radius 2 is 1.74 bits per heavy atom. The number of aromatic nitrogens is 2. The van der Waals surface area contributed by atoms with Crippen LogP contribution in [0.25, 0.3) is 0 Å². The molecule has 0 unspecified atom stereocenters. The lowest BCUT2D eigenvalue weighted by molar-refractivity contribution is 0.0977. The molecule has 0 atom stereocenters. The summed E-state index contributed by atoms with van der Waals surface area (Å²) in [5, 5.41) is 10.5. The van der Waals surface area contributed by atoms with Crippen molar-refractivity contribution in [2.24, 2.45) is 7.05 Å². The van der Waals surface area contributed by atoms with Crippen LogP contribution in [-0.2, 0) is 13.5 Å². The first-order valence-corrected chi connectivity index (χ1v) is 9.10. The van der Waals surface area contributed by atoms with E-state index in [1.807, 2.05) is 49.0 Å². The van der Waals surface area contributed by atoms with Gasteiger partial charge in [0.2, 0.25) is 0 Å². The van der Waals surface area contributed by atoms with Crippen molar-refractivity contribution in [2.45, 2.75) is 20.3 Å². The predicted molar refractivity (Wildman–Crippen MR) is 112 cm³/mol. The van der Waals surface area contributed by atoms with Crippen LogP contribution in [0.5, 0.6) is 0 Å². The van der Waals surface area contributed by atoms with Gasteiger partial charge in [-0.25, -0.2) is 0 Å². The van der Waals surface area contributed by atoms with Gasteiger partial charge in [-0.3, -0.25) is 14.8 Å². The van der Waals surface area contributed by atoms with Crippen molar-refractivity contribution in [1.82, 2.24) is 15.1 Å². The van der Waals surface area contributed by atoms with Crippen molar-refractivity contribution in [2.75, 3.05) is 5.32 Å². The Hall–Kier alpha value is -2.99. The monoisotopic (exact) mass is 378 g/mol. The molecule has 0 saturated carbocycles. The molecule has 0 saturated heterocycles. The van der Waals surface area contributed by atoms with Gasteiger partial charge in [-0.15, -0.1) is 0 Å². The van der Waals surface area contributed by atoms with Crippen LogP contribution in [0.1, 0.15) is 32.9 Å². The predicted octanol–water partition coefficient (Wildman–Crippen LogP) is 3.75. The van der Waals surface area contributed by atoms with Gasteiger partial charge >= 0.3 is 0 Å². The topological polar surface area (TPSA) is 59.0 Å². The van der Waals surface area contributed by atoms with E-state index in [1.165, 1.54) is 16.8 Å². The van der Waals surface area contributed by atoms with Gasteiger partial charge in [0.25, 0.3) is 5.91 Å². The molecule has 1 aromatic heterocycles. The van der Waals surface area contributed by atoms with Gasteiger partial charge in [0, 0.05) is 36.0 Å². The Balaban J connectivity index is 1.60. The molecule has 2 N–H and O–H groups in total. The fourth-order valence-electron chi connectivity index (χ4n) is 2.91. The zero-order valence-corrected chi connectivity index (χ0v) is 16.4. The van der Waals surface area contributed by atoms with Crippen molar-refractivity contribution in [1.29, 1.82) is 0 Å². The number of carbonyl (C=O) groups is 1. The Labute approximate surface area is 164 Å². The Kier molecular flexibility index (Phi) is 5.66. The number of carbonyl (C=O) groups excluding carboxylic acids is 1. The molecule has 5 nitrogen and oxygen atoms in total. The number of amides is 1. The summed E-state index contributed by atoms with van der Waals surface area (Å²) in [5.74, 6) is -0.229. The second-order valence-electron chi connectivity index (χ2n) is 6.42. The molecular weight excluding hydrogens is 356 g/mol. The highest BCUT2D eigenvalue weighted by Gasteiger charge is 2.10. The van der Waals surface area contributed by atoms with E-state index < -0.39 is 0 Å². The van der Waals surface area contributed by atoms with E-state index >= 15 is 0 Å². The fraction of sp³-hybridized carbons (Fsp3) is 0.190. The molecule has 2 aromatic carbocycles. The maximum Gasteiger partial charge on any atom is 0.257 e. The highest BCUT2D eigenvalue weighted by molar-refractivity contribution is 7.80. The zero-order chi connectivity index (χ0) is 19.4. The van der Waals surface area contributed by atoms with Crippen LogP contribution in [0, 0.1) is 13.8 Å². The van der Waals surface area contributed by atoms with E-state index in [9.17, 15) is 4.79 Å². The molecule has 3 rings (SSSR count). The molecule has 0 aliphatic carbocycles. The van der Waals surface area contributed by atoms with Crippen LogP contribution < -0.4 is 10.6 Å². The summed E-state index contributed by atoms with van der Waals surface area (Å²) in [6, 6.07) is 17.0. The molecule has 0 spiro atoms. The van der Waals surface area contributed by atoms with E-state index in [0.717, 1.165) is 17.8 Å². The maximum atomic E-state index is 12.1. The van der Waals surface area contributed by atoms with E-state index in [0.29, 0.717) is 5.56 Å². The first kappa shape index (κ1) is 18.8. The summed E-state index contributed by atoms with van der Waals surface area (Å²) in [6.07, 6.45) is 0.834. The summed E-state index contributed by atoms with van der Waals surface area (Å²) in [7, 11) is 1.96. The molecule has 0 aliphatic rings. The van der Waals surface area contributed by atoms with Crippen molar-refractivity contribution in [3.8, 4) is 0 Å². The smallest absolute Gasteiger partial charge is 0.257 e. The van der Waals surface area contributed by atoms with Crippen molar-refractivity contribution >= 4 is 28.9 Å². The second kappa shape index (κ2) is 8.14. The number of hydrogen-bond acceptors (Lipinski definition) is 3. The number of anilines is 1. The first-order chi connectivity index (χ1) is 12.9. The van der Waals surface area contributed by atoms with Gasteiger partial charge in [0.15, 0.2) is 5.11 Å². The summed E-state index contributed by atoms with van der Waals surface area (Å²) in [6.45, 7) is 4.12. The van der Waals surface area contributed by atoms with Gasteiger partial charge in [-0.1, -0.05) is 30.3 Å². The van der Waals surface area contributed by atoms with Crippen LogP contribution in [-0.4, -0.2) is 20.8 Å². The third-order valence-electron chi connectivity index (χ3n) is 4.51. The minimum absolute atomic E-state index is 0.229. The van der Waals surface area contributed by atoms with Gasteiger partial charge in [-0.2, -0.15) is 5.10 Å². The quantitative estimate of drug-likeness (QED) is 0.679. The summed E-state index contributed by atoms with van der Waals surface area (Å²) < 4.78 is 1.91. The van der Waals surface area contributed by atoms with E-state index in [4.69, 9.17) is 12.2 Å². The number of nitrogens with zero attached hydrogens (tertiary/aromatic N) is 2. The normalized spacial score (nSPS) is 10.5. The zero-order valence-electron chi connectivity index (χ0n) is 15.6. The van der Waals surface area contributed by atoms with Crippen LogP contribution in [0.3, 0.4) is 0 Å². The first-order valence-electron chi connectivity index (χ1n) is 8.69. The Bertz CT molecular complexity index is 962. The molecule has 0 bridgehead atoms. The molecule has 138 valence electrons. The minimum Gasteiger partial charge on any atom is -0.332 e. The average Bonchev–Trinajstić information content (AvgIpc) is 2.90. The highest BCUT2D eigenvalue weighted by atomic mass is 32.1. The van der Waals surface area contributed by atoms with Crippen molar-refractivity contribution in [3.05, 3.63) is 82.7 Å². The van der Waals surface area contributed by atoms with Crippen molar-refractivity contribution < 1.29 is 4.79 Å². The van der Waals surface area contributed by atoms with Gasteiger partial charge in [-0.05, 0) is 55.9 Å². The maximum absolute atomic E-state index is 12.1. The van der Waals surface area contributed by atoms with Gasteiger partial charge < -0.3 is 5.32 Å². The number of benzene rings is 2. The number of thiocarbonyl (C=S) groups is 1. The standard InChI is InChI=1S/C21H22N4OS/c1-14-19(15(2)25(3)24-14)13-16-9-11-18(12-10-16)22-21(27)23-20(26)17-7-5-4-6-8-17/h4-12H,13H2,1-3H3,(H2,22,23,26,27). The minimum atomic E-state index is -0.229. The molecule has 3 aromatic rings. The summed E-state index contributed by atoms with van der Waals surface area (Å²) in [5.41, 5.74) is 6.08. The second-order valence-corrected chi connectivity index (χ2v) is 6.83. The number of nitrogens with one attached hydrogen (secondary N) is 2. The van der Waals surface area contributed by atoms with Crippen LogP contribution in [0.4, 0.5) is 5.69 Å². The fourth-order valence-corrected chi connectivity index (χ4v) is 3.12. The van der Waals surface area contributed by atoms with Crippen LogP contribution in [0.15, 0.2) is 54.6 Å². The Morgan fingerprint density at radius 3 is 2.33 bits per heavy atom. The molecule has 0 radical (unpaired) electrons. The highest BCUT2D eigenvalue weighted by Crippen LogP contribution is 2.18. The Morgan fingerprint density at radius 1 is 1.07 bits per heavy atom. The van der Waals surface area contributed by atoms with Gasteiger partial charge in [0.05, 0.1) is 5.69 Å². The lowest BCUT2D eigenvalue weighted by Gasteiger charge is -2.10. The summed E-state index contributed by atoms with van der Waals surface area (Å²) in [4.78, 5) is 12.1. The molecule has 27 heavy (non-hydrogen) atoms. The third kappa shape index (κ3) is 4.60. The molecule has 0 aliphatic heterocycles. The summed E-state index contributed by atoms with van der Waals surface area (Å²) >= 11 is 5.23. The van der Waals surface area contributed by atoms with Crippen molar-refractivity contribution in [3.63, 3.8) is 0 Å². The number of aryl methyl sites for hydroxylation is 2. The van der Waals surface area contributed by atoms with Crippen LogP contribution in [0.2, 0.25) is 0 Å². The third-order valence-corrected chi connectivity index (χ3v) is 4.72. The number of rotatable bonds is 4. The van der Waals surface area contributed by atoms with E-state index in [1.54, 1.807) is 12.1 Å². The molecule has 1 heterocycles. The molecular formula is C21H22N4OS. The lowest BCUT2D eigenvalue weighted by Crippen LogP contribution is -2.34. The average molecular weight is 379 g/mol. The number of hydrogen-bond donors (Lipinski definition) is 2. The molecule has 6 heteroatoms. The lowest BCUT2D eigenvalue weighted by atomic mass is 10.0. The molecule has 0 fully saturated rings. The largest absolute Gasteiger partial charge is 0.332 e. The van der Waals surface area contributed by atoms with Gasteiger partial charge in [0.1, 0.15) is 0 Å². The van der Waals surface area contributed by atoms with E-state index in [2.05, 4.69) is 34.8 Å².